The molecule has 0 saturated heterocycles. The Hall–Kier alpha value is -1.96. The van der Waals surface area contributed by atoms with E-state index in [1.54, 1.807) is 0 Å². The molecule has 1 unspecified atom stereocenters. The van der Waals surface area contributed by atoms with Crippen molar-refractivity contribution in [3.63, 3.8) is 0 Å². The minimum Gasteiger partial charge on any atom is -0.491 e. The van der Waals surface area contributed by atoms with Crippen LogP contribution in [0.5, 0.6) is 5.75 Å². The normalized spacial score (nSPS) is 15.5. The molecule has 0 amide bonds. The second-order valence-electron chi connectivity index (χ2n) is 5.71. The van der Waals surface area contributed by atoms with Gasteiger partial charge >= 0.3 is 0 Å². The zero-order valence-electron chi connectivity index (χ0n) is 12.6. The summed E-state index contributed by atoms with van der Waals surface area (Å²) in [5.41, 5.74) is 2.47. The second kappa shape index (κ2) is 6.66. The first kappa shape index (κ1) is 14.0. The van der Waals surface area contributed by atoms with E-state index in [1.807, 2.05) is 12.1 Å². The van der Waals surface area contributed by atoms with Gasteiger partial charge < -0.3 is 10.1 Å². The Morgan fingerprint density at radius 2 is 1.76 bits per heavy atom. The Bertz CT molecular complexity index is 563. The summed E-state index contributed by atoms with van der Waals surface area (Å²) in [6.07, 6.45) is 3.65. The van der Waals surface area contributed by atoms with Crippen LogP contribution in [0.2, 0.25) is 0 Å². The standard InChI is InChI=1S/C19H23NO/c1-2-14-21-18-11-7-6-10-17(18)20-19(16-12-13-16)15-8-4-3-5-9-15/h3-11,16,19-20H,2,12-14H2,1H3. The molecule has 1 N–H and O–H groups in total. The van der Waals surface area contributed by atoms with Crippen LogP contribution in [0.4, 0.5) is 5.69 Å². The molecule has 1 fully saturated rings. The van der Waals surface area contributed by atoms with Crippen LogP contribution in [0.3, 0.4) is 0 Å². The largest absolute Gasteiger partial charge is 0.491 e. The molecule has 3 rings (SSSR count). The van der Waals surface area contributed by atoms with Gasteiger partial charge in [0.1, 0.15) is 5.75 Å². The maximum atomic E-state index is 5.86. The fourth-order valence-electron chi connectivity index (χ4n) is 2.65. The fraction of sp³-hybridized carbons (Fsp3) is 0.368. The number of ether oxygens (including phenoxy) is 1. The lowest BCUT2D eigenvalue weighted by Gasteiger charge is -2.22. The van der Waals surface area contributed by atoms with Gasteiger partial charge in [0.15, 0.2) is 0 Å². The van der Waals surface area contributed by atoms with Crippen LogP contribution >= 0.6 is 0 Å². The van der Waals surface area contributed by atoms with E-state index in [0.29, 0.717) is 6.04 Å². The van der Waals surface area contributed by atoms with Crippen LogP contribution < -0.4 is 10.1 Å². The lowest BCUT2D eigenvalue weighted by atomic mass is 10.0. The Morgan fingerprint density at radius 1 is 1.05 bits per heavy atom. The maximum Gasteiger partial charge on any atom is 0.142 e. The summed E-state index contributed by atoms with van der Waals surface area (Å²) < 4.78 is 5.86. The van der Waals surface area contributed by atoms with Gasteiger partial charge in [0.2, 0.25) is 0 Å². The van der Waals surface area contributed by atoms with Gasteiger partial charge in [0, 0.05) is 0 Å². The molecular formula is C19H23NO. The van der Waals surface area contributed by atoms with Crippen LogP contribution in [0.15, 0.2) is 54.6 Å². The zero-order valence-corrected chi connectivity index (χ0v) is 12.6. The van der Waals surface area contributed by atoms with E-state index < -0.39 is 0 Å². The van der Waals surface area contributed by atoms with E-state index in [9.17, 15) is 0 Å². The molecule has 0 radical (unpaired) electrons. The zero-order chi connectivity index (χ0) is 14.5. The number of anilines is 1. The molecule has 2 heteroatoms. The lowest BCUT2D eigenvalue weighted by Crippen LogP contribution is -2.13. The Morgan fingerprint density at radius 3 is 2.48 bits per heavy atom. The molecule has 0 heterocycles. The first-order chi connectivity index (χ1) is 10.4. The van der Waals surface area contributed by atoms with Gasteiger partial charge in [-0.05, 0) is 42.9 Å². The number of benzene rings is 2. The van der Waals surface area contributed by atoms with Crippen molar-refractivity contribution in [2.75, 3.05) is 11.9 Å². The van der Waals surface area contributed by atoms with Crippen molar-refractivity contribution >= 4 is 5.69 Å². The first-order valence-electron chi connectivity index (χ1n) is 7.92. The number of rotatable bonds is 7. The molecule has 2 aromatic rings. The van der Waals surface area contributed by atoms with Crippen molar-refractivity contribution in [3.05, 3.63) is 60.2 Å². The Labute approximate surface area is 127 Å². The van der Waals surface area contributed by atoms with Crippen LogP contribution in [0, 0.1) is 5.92 Å². The van der Waals surface area contributed by atoms with Crippen LogP contribution in [-0.2, 0) is 0 Å². The molecule has 1 atom stereocenters. The highest BCUT2D eigenvalue weighted by molar-refractivity contribution is 5.57. The smallest absolute Gasteiger partial charge is 0.142 e. The molecular weight excluding hydrogens is 258 g/mol. The predicted molar refractivity (Wildman–Crippen MR) is 87.8 cm³/mol. The number of hydrogen-bond donors (Lipinski definition) is 1. The summed E-state index contributed by atoms with van der Waals surface area (Å²) in [6, 6.07) is 19.4. The van der Waals surface area contributed by atoms with Gasteiger partial charge in [-0.3, -0.25) is 0 Å². The Balaban J connectivity index is 1.80. The van der Waals surface area contributed by atoms with Crippen molar-refractivity contribution < 1.29 is 4.74 Å². The molecule has 2 nitrogen and oxygen atoms in total. The molecule has 21 heavy (non-hydrogen) atoms. The minimum atomic E-state index is 0.387. The third-order valence-corrected chi connectivity index (χ3v) is 3.91. The van der Waals surface area contributed by atoms with Crippen LogP contribution in [0.25, 0.3) is 0 Å². The SMILES string of the molecule is CCCOc1ccccc1NC(c1ccccc1)C1CC1. The second-order valence-corrected chi connectivity index (χ2v) is 5.71. The monoisotopic (exact) mass is 281 g/mol. The van der Waals surface area contributed by atoms with Gasteiger partial charge in [-0.25, -0.2) is 0 Å². The van der Waals surface area contributed by atoms with Crippen molar-refractivity contribution in [1.29, 1.82) is 0 Å². The molecule has 1 aliphatic carbocycles. The summed E-state index contributed by atoms with van der Waals surface area (Å²) in [6.45, 7) is 2.89. The summed E-state index contributed by atoms with van der Waals surface area (Å²) in [4.78, 5) is 0. The van der Waals surface area contributed by atoms with E-state index in [4.69, 9.17) is 4.74 Å². The third-order valence-electron chi connectivity index (χ3n) is 3.91. The van der Waals surface area contributed by atoms with Crippen molar-refractivity contribution in [1.82, 2.24) is 0 Å². The number of nitrogens with one attached hydrogen (secondary N) is 1. The number of para-hydroxylation sites is 2. The highest BCUT2D eigenvalue weighted by Gasteiger charge is 2.32. The molecule has 1 saturated carbocycles. The van der Waals surface area contributed by atoms with Crippen LogP contribution in [-0.4, -0.2) is 6.61 Å². The fourth-order valence-corrected chi connectivity index (χ4v) is 2.65. The highest BCUT2D eigenvalue weighted by atomic mass is 16.5. The third kappa shape index (κ3) is 3.57. The minimum absolute atomic E-state index is 0.387. The molecule has 1 aliphatic rings. The maximum absolute atomic E-state index is 5.86. The van der Waals surface area contributed by atoms with Crippen molar-refractivity contribution in [3.8, 4) is 5.75 Å². The van der Waals surface area contributed by atoms with E-state index in [0.717, 1.165) is 30.4 Å². The van der Waals surface area contributed by atoms with Gasteiger partial charge in [-0.15, -0.1) is 0 Å². The summed E-state index contributed by atoms with van der Waals surface area (Å²) in [5, 5.41) is 3.71. The lowest BCUT2D eigenvalue weighted by molar-refractivity contribution is 0.318. The molecule has 0 aromatic heterocycles. The molecule has 110 valence electrons. The van der Waals surface area contributed by atoms with E-state index >= 15 is 0 Å². The van der Waals surface area contributed by atoms with Gasteiger partial charge in [-0.2, -0.15) is 0 Å². The van der Waals surface area contributed by atoms with Crippen LogP contribution in [0.1, 0.15) is 37.8 Å². The topological polar surface area (TPSA) is 21.3 Å². The predicted octanol–water partition coefficient (Wildman–Crippen LogP) is 5.04. The average Bonchev–Trinajstić information content (AvgIpc) is 3.37. The van der Waals surface area contributed by atoms with Crippen molar-refractivity contribution in [2.24, 2.45) is 5.92 Å². The van der Waals surface area contributed by atoms with Gasteiger partial charge in [0.05, 0.1) is 18.3 Å². The van der Waals surface area contributed by atoms with Crippen molar-refractivity contribution in [2.45, 2.75) is 32.2 Å². The molecule has 2 aromatic carbocycles. The molecule has 0 bridgehead atoms. The van der Waals surface area contributed by atoms with E-state index in [2.05, 4.69) is 54.7 Å². The average molecular weight is 281 g/mol. The molecule has 0 aliphatic heterocycles. The van der Waals surface area contributed by atoms with Gasteiger partial charge in [0.25, 0.3) is 0 Å². The first-order valence-corrected chi connectivity index (χ1v) is 7.92. The highest BCUT2D eigenvalue weighted by Crippen LogP contribution is 2.43. The summed E-state index contributed by atoms with van der Waals surface area (Å²) >= 11 is 0. The summed E-state index contributed by atoms with van der Waals surface area (Å²) in [5.74, 6) is 1.70. The van der Waals surface area contributed by atoms with E-state index in [-0.39, 0.29) is 0 Å². The van der Waals surface area contributed by atoms with Gasteiger partial charge in [-0.1, -0.05) is 49.4 Å². The summed E-state index contributed by atoms with van der Waals surface area (Å²) in [7, 11) is 0. The molecule has 0 spiro atoms. The number of hydrogen-bond acceptors (Lipinski definition) is 2. The van der Waals surface area contributed by atoms with E-state index in [1.165, 1.54) is 18.4 Å². The quantitative estimate of drug-likeness (QED) is 0.767. The Kier molecular flexibility index (Phi) is 4.44.